The number of aromatic nitrogens is 2. The molecule has 108 valence electrons. The Bertz CT molecular complexity index is 451. The lowest BCUT2D eigenvalue weighted by Gasteiger charge is -2.34. The van der Waals surface area contributed by atoms with Crippen LogP contribution in [-0.4, -0.2) is 19.2 Å². The van der Waals surface area contributed by atoms with E-state index in [9.17, 15) is 4.21 Å². The molecule has 0 bridgehead atoms. The Morgan fingerprint density at radius 2 is 2.16 bits per heavy atom. The molecule has 1 aliphatic carbocycles. The van der Waals surface area contributed by atoms with Gasteiger partial charge in [-0.2, -0.15) is 5.10 Å². The first-order valence-corrected chi connectivity index (χ1v) is 8.34. The first-order valence-electron chi connectivity index (χ1n) is 7.07. The van der Waals surface area contributed by atoms with Crippen molar-refractivity contribution in [3.63, 3.8) is 0 Å². The fourth-order valence-corrected chi connectivity index (χ4v) is 3.72. The highest BCUT2D eigenvalue weighted by molar-refractivity contribution is 7.83. The Morgan fingerprint density at radius 1 is 1.53 bits per heavy atom. The van der Waals surface area contributed by atoms with Gasteiger partial charge in [0.2, 0.25) is 0 Å². The van der Waals surface area contributed by atoms with Crippen LogP contribution >= 0.6 is 0 Å². The SMILES string of the molecule is CC(C[C@@H](c1ccn(C)n1)C1(C)CCCC1)S(N)=O. The number of hydrogen-bond acceptors (Lipinski definition) is 2. The zero-order valence-electron chi connectivity index (χ0n) is 12.1. The molecule has 0 spiro atoms. The Morgan fingerprint density at radius 3 is 2.63 bits per heavy atom. The summed E-state index contributed by atoms with van der Waals surface area (Å²) in [7, 11) is 0.696. The molecule has 0 aromatic carbocycles. The number of aryl methyl sites for hydroxylation is 1. The van der Waals surface area contributed by atoms with E-state index < -0.39 is 11.0 Å². The third-order valence-electron chi connectivity index (χ3n) is 4.64. The van der Waals surface area contributed by atoms with E-state index in [0.717, 1.165) is 12.1 Å². The predicted molar refractivity (Wildman–Crippen MR) is 78.9 cm³/mol. The highest BCUT2D eigenvalue weighted by atomic mass is 32.2. The van der Waals surface area contributed by atoms with Crippen LogP contribution in [0.3, 0.4) is 0 Å². The molecule has 2 N–H and O–H groups in total. The minimum absolute atomic E-state index is 0.0180. The van der Waals surface area contributed by atoms with E-state index in [1.165, 1.54) is 25.7 Å². The molecule has 4 nitrogen and oxygen atoms in total. The molecule has 3 atom stereocenters. The van der Waals surface area contributed by atoms with Gasteiger partial charge in [-0.15, -0.1) is 0 Å². The van der Waals surface area contributed by atoms with Crippen molar-refractivity contribution in [3.8, 4) is 0 Å². The van der Waals surface area contributed by atoms with Crippen molar-refractivity contribution in [2.24, 2.45) is 17.6 Å². The topological polar surface area (TPSA) is 60.9 Å². The number of hydrogen-bond donors (Lipinski definition) is 1. The molecule has 5 heteroatoms. The van der Waals surface area contributed by atoms with E-state index in [1.54, 1.807) is 0 Å². The van der Waals surface area contributed by atoms with E-state index in [-0.39, 0.29) is 10.7 Å². The van der Waals surface area contributed by atoms with Crippen LogP contribution < -0.4 is 5.14 Å². The van der Waals surface area contributed by atoms with E-state index in [4.69, 9.17) is 5.14 Å². The van der Waals surface area contributed by atoms with Crippen LogP contribution in [0, 0.1) is 5.41 Å². The van der Waals surface area contributed by atoms with Gasteiger partial charge in [0.05, 0.1) is 16.7 Å². The van der Waals surface area contributed by atoms with Crippen LogP contribution in [0.5, 0.6) is 0 Å². The molecule has 1 saturated carbocycles. The fraction of sp³-hybridized carbons (Fsp3) is 0.786. The van der Waals surface area contributed by atoms with Crippen molar-refractivity contribution in [1.82, 2.24) is 9.78 Å². The lowest BCUT2D eigenvalue weighted by atomic mass is 9.72. The molecule has 2 rings (SSSR count). The van der Waals surface area contributed by atoms with Crippen LogP contribution in [0.25, 0.3) is 0 Å². The zero-order valence-corrected chi connectivity index (χ0v) is 12.9. The third-order valence-corrected chi connectivity index (χ3v) is 5.63. The molecule has 2 unspecified atom stereocenters. The normalized spacial score (nSPS) is 23.2. The molecular weight excluding hydrogens is 258 g/mol. The Kier molecular flexibility index (Phi) is 4.46. The number of nitrogens with zero attached hydrogens (tertiary/aromatic N) is 2. The highest BCUT2D eigenvalue weighted by Gasteiger charge is 2.39. The predicted octanol–water partition coefficient (Wildman–Crippen LogP) is 2.49. The molecule has 0 radical (unpaired) electrons. The summed E-state index contributed by atoms with van der Waals surface area (Å²) >= 11 is 0. The van der Waals surface area contributed by atoms with Crippen LogP contribution in [0.15, 0.2) is 12.3 Å². The van der Waals surface area contributed by atoms with Crippen LogP contribution in [-0.2, 0) is 18.0 Å². The Labute approximate surface area is 118 Å². The summed E-state index contributed by atoms with van der Waals surface area (Å²) in [6.07, 6.45) is 7.90. The zero-order chi connectivity index (χ0) is 14.0. The van der Waals surface area contributed by atoms with Crippen molar-refractivity contribution < 1.29 is 4.21 Å². The van der Waals surface area contributed by atoms with Gasteiger partial charge < -0.3 is 0 Å². The van der Waals surface area contributed by atoms with E-state index in [2.05, 4.69) is 18.1 Å². The van der Waals surface area contributed by atoms with Crippen molar-refractivity contribution in [2.75, 3.05) is 0 Å². The molecule has 19 heavy (non-hydrogen) atoms. The molecule has 0 aliphatic heterocycles. The molecule has 1 aromatic rings. The van der Waals surface area contributed by atoms with Gasteiger partial charge in [-0.05, 0) is 37.7 Å². The van der Waals surface area contributed by atoms with Crippen molar-refractivity contribution in [3.05, 3.63) is 18.0 Å². The highest BCUT2D eigenvalue weighted by Crippen LogP contribution is 2.50. The Balaban J connectivity index is 2.25. The van der Waals surface area contributed by atoms with Gasteiger partial charge in [0.15, 0.2) is 0 Å². The summed E-state index contributed by atoms with van der Waals surface area (Å²) in [5, 5.41) is 10.2. The smallest absolute Gasteiger partial charge is 0.0917 e. The summed E-state index contributed by atoms with van der Waals surface area (Å²) in [4.78, 5) is 0. The average Bonchev–Trinajstić information content (AvgIpc) is 2.95. The van der Waals surface area contributed by atoms with Crippen LogP contribution in [0.4, 0.5) is 0 Å². The minimum atomic E-state index is -1.25. The van der Waals surface area contributed by atoms with Gasteiger partial charge in [-0.3, -0.25) is 9.82 Å². The molecule has 1 fully saturated rings. The lowest BCUT2D eigenvalue weighted by molar-refractivity contribution is 0.243. The minimum Gasteiger partial charge on any atom is -0.276 e. The van der Waals surface area contributed by atoms with E-state index in [0.29, 0.717) is 5.92 Å². The quantitative estimate of drug-likeness (QED) is 0.902. The summed E-state index contributed by atoms with van der Waals surface area (Å²) in [5.41, 5.74) is 1.41. The second-order valence-electron chi connectivity index (χ2n) is 6.20. The first kappa shape index (κ1) is 14.7. The van der Waals surface area contributed by atoms with Gasteiger partial charge in [-0.25, -0.2) is 4.21 Å². The average molecular weight is 283 g/mol. The molecule has 1 heterocycles. The standard InChI is InChI=1S/C14H25N3OS/c1-11(19(15)18)10-12(13-6-9-17(3)16-13)14(2)7-4-5-8-14/h6,9,11-12H,4-5,7-8,10,15H2,1-3H3/t11?,12-,19?/m0/s1. The van der Waals surface area contributed by atoms with Crippen LogP contribution in [0.1, 0.15) is 57.6 Å². The van der Waals surface area contributed by atoms with Gasteiger partial charge in [0.1, 0.15) is 0 Å². The molecule has 0 saturated heterocycles. The summed E-state index contributed by atoms with van der Waals surface area (Å²) < 4.78 is 13.4. The van der Waals surface area contributed by atoms with Gasteiger partial charge >= 0.3 is 0 Å². The maximum Gasteiger partial charge on any atom is 0.0917 e. The third kappa shape index (κ3) is 3.26. The monoisotopic (exact) mass is 283 g/mol. The molecule has 0 amide bonds. The van der Waals surface area contributed by atoms with E-state index in [1.807, 2.05) is 24.9 Å². The van der Waals surface area contributed by atoms with Crippen molar-refractivity contribution in [1.29, 1.82) is 0 Å². The van der Waals surface area contributed by atoms with Gasteiger partial charge in [0.25, 0.3) is 0 Å². The molecular formula is C14H25N3OS. The lowest BCUT2D eigenvalue weighted by Crippen LogP contribution is -2.29. The summed E-state index contributed by atoms with van der Waals surface area (Å²) in [5.74, 6) is 0.360. The Hall–Kier alpha value is -0.680. The van der Waals surface area contributed by atoms with Crippen LogP contribution in [0.2, 0.25) is 0 Å². The molecule has 1 aliphatic rings. The number of rotatable bonds is 5. The molecule has 1 aromatic heterocycles. The van der Waals surface area contributed by atoms with Crippen molar-refractivity contribution >= 4 is 11.0 Å². The van der Waals surface area contributed by atoms with Crippen molar-refractivity contribution in [2.45, 2.75) is 57.1 Å². The largest absolute Gasteiger partial charge is 0.276 e. The maximum absolute atomic E-state index is 11.5. The first-order chi connectivity index (χ1) is 8.92. The second kappa shape index (κ2) is 5.75. The summed E-state index contributed by atoms with van der Waals surface area (Å²) in [6.45, 7) is 4.33. The fourth-order valence-electron chi connectivity index (χ4n) is 3.34. The number of nitrogens with two attached hydrogens (primary N) is 1. The van der Waals surface area contributed by atoms with E-state index >= 15 is 0 Å². The summed E-state index contributed by atoms with van der Waals surface area (Å²) in [6, 6.07) is 2.10. The second-order valence-corrected chi connectivity index (χ2v) is 7.66. The maximum atomic E-state index is 11.5. The van der Waals surface area contributed by atoms with Gasteiger partial charge in [0, 0.05) is 24.4 Å². The van der Waals surface area contributed by atoms with Gasteiger partial charge in [-0.1, -0.05) is 19.8 Å².